The first-order valence-electron chi connectivity index (χ1n) is 2.42. The van der Waals surface area contributed by atoms with Crippen LogP contribution in [0.25, 0.3) is 0 Å². The Balaban J connectivity index is 2.59. The SMILES string of the molecule is NC1CC(Br)=CC=N1. The van der Waals surface area contributed by atoms with Crippen LogP contribution in [0.3, 0.4) is 0 Å². The number of dihydropyridines is 1. The van der Waals surface area contributed by atoms with E-state index < -0.39 is 0 Å². The van der Waals surface area contributed by atoms with Gasteiger partial charge in [0, 0.05) is 17.1 Å². The Kier molecular flexibility index (Phi) is 1.81. The van der Waals surface area contributed by atoms with E-state index in [1.165, 1.54) is 0 Å². The molecular formula is C5H7BrN2. The lowest BCUT2D eigenvalue weighted by atomic mass is 10.3. The van der Waals surface area contributed by atoms with E-state index in [1.807, 2.05) is 6.08 Å². The molecule has 0 amide bonds. The fourth-order valence-electron chi connectivity index (χ4n) is 0.555. The van der Waals surface area contributed by atoms with Crippen LogP contribution in [0.1, 0.15) is 6.42 Å². The minimum atomic E-state index is -0.0330. The Morgan fingerprint density at radius 1 is 1.88 bits per heavy atom. The topological polar surface area (TPSA) is 38.4 Å². The number of nitrogens with zero attached hydrogens (tertiary/aromatic N) is 1. The fraction of sp³-hybridized carbons (Fsp3) is 0.400. The van der Waals surface area contributed by atoms with Gasteiger partial charge in [-0.1, -0.05) is 15.9 Å². The van der Waals surface area contributed by atoms with Gasteiger partial charge >= 0.3 is 0 Å². The minimum absolute atomic E-state index is 0.0330. The second-order valence-corrected chi connectivity index (χ2v) is 2.70. The molecule has 44 valence electrons. The zero-order valence-electron chi connectivity index (χ0n) is 4.34. The summed E-state index contributed by atoms with van der Waals surface area (Å²) in [5, 5.41) is 0. The molecule has 0 fully saturated rings. The Morgan fingerprint density at radius 3 is 3.00 bits per heavy atom. The van der Waals surface area contributed by atoms with Gasteiger partial charge in [-0.2, -0.15) is 0 Å². The highest BCUT2D eigenvalue weighted by Gasteiger charge is 2.02. The number of allylic oxidation sites excluding steroid dienone is 1. The summed E-state index contributed by atoms with van der Waals surface area (Å²) in [7, 11) is 0. The lowest BCUT2D eigenvalue weighted by Crippen LogP contribution is -2.18. The summed E-state index contributed by atoms with van der Waals surface area (Å²) >= 11 is 3.32. The van der Waals surface area contributed by atoms with Crippen LogP contribution < -0.4 is 5.73 Å². The highest BCUT2D eigenvalue weighted by Crippen LogP contribution is 2.14. The number of rotatable bonds is 0. The number of hydrogen-bond donors (Lipinski definition) is 1. The highest BCUT2D eigenvalue weighted by atomic mass is 79.9. The van der Waals surface area contributed by atoms with Crippen molar-refractivity contribution >= 4 is 22.1 Å². The summed E-state index contributed by atoms with van der Waals surface area (Å²) in [5.41, 5.74) is 5.46. The molecule has 1 unspecified atom stereocenters. The third kappa shape index (κ3) is 1.42. The standard InChI is InChI=1S/C5H7BrN2/c6-4-1-2-8-5(7)3-4/h1-2,5H,3,7H2. The number of aliphatic imine (C=N–C) groups is 1. The van der Waals surface area contributed by atoms with Gasteiger partial charge in [-0.15, -0.1) is 0 Å². The molecule has 1 aliphatic heterocycles. The zero-order valence-corrected chi connectivity index (χ0v) is 5.93. The third-order valence-corrected chi connectivity index (χ3v) is 1.53. The van der Waals surface area contributed by atoms with Crippen LogP contribution in [0.2, 0.25) is 0 Å². The molecule has 0 radical (unpaired) electrons. The number of nitrogens with two attached hydrogens (primary N) is 1. The average Bonchev–Trinajstić information content (AvgIpc) is 1.64. The van der Waals surface area contributed by atoms with E-state index in [0.29, 0.717) is 0 Å². The van der Waals surface area contributed by atoms with Crippen LogP contribution in [0.15, 0.2) is 15.6 Å². The molecule has 0 aromatic carbocycles. The molecule has 0 spiro atoms. The van der Waals surface area contributed by atoms with Crippen molar-refractivity contribution < 1.29 is 0 Å². The molecule has 1 heterocycles. The highest BCUT2D eigenvalue weighted by molar-refractivity contribution is 9.11. The van der Waals surface area contributed by atoms with Crippen LogP contribution in [-0.4, -0.2) is 12.4 Å². The fourth-order valence-corrected chi connectivity index (χ4v) is 1.00. The van der Waals surface area contributed by atoms with Gasteiger partial charge in [0.1, 0.15) is 6.17 Å². The number of halogens is 1. The molecule has 0 aromatic heterocycles. The Bertz CT molecular complexity index is 139. The molecule has 3 heteroatoms. The summed E-state index contributed by atoms with van der Waals surface area (Å²) in [5.74, 6) is 0. The zero-order chi connectivity index (χ0) is 5.98. The van der Waals surface area contributed by atoms with Gasteiger partial charge in [-0.3, -0.25) is 4.99 Å². The molecular weight excluding hydrogens is 168 g/mol. The maximum atomic E-state index is 5.46. The van der Waals surface area contributed by atoms with Crippen molar-refractivity contribution in [3.63, 3.8) is 0 Å². The van der Waals surface area contributed by atoms with Crippen LogP contribution in [0, 0.1) is 0 Å². The molecule has 2 N–H and O–H groups in total. The molecule has 0 aliphatic carbocycles. The predicted octanol–water partition coefficient (Wildman–Crippen LogP) is 1.02. The van der Waals surface area contributed by atoms with Gasteiger partial charge in [0.2, 0.25) is 0 Å². The van der Waals surface area contributed by atoms with Gasteiger partial charge in [0.15, 0.2) is 0 Å². The summed E-state index contributed by atoms with van der Waals surface area (Å²) in [6.07, 6.45) is 4.42. The monoisotopic (exact) mass is 174 g/mol. The van der Waals surface area contributed by atoms with E-state index in [-0.39, 0.29) is 6.17 Å². The van der Waals surface area contributed by atoms with Crippen molar-refractivity contribution in [1.82, 2.24) is 0 Å². The largest absolute Gasteiger partial charge is 0.309 e. The van der Waals surface area contributed by atoms with E-state index in [0.717, 1.165) is 10.9 Å². The van der Waals surface area contributed by atoms with E-state index in [4.69, 9.17) is 5.73 Å². The van der Waals surface area contributed by atoms with Gasteiger partial charge in [-0.25, -0.2) is 0 Å². The maximum Gasteiger partial charge on any atom is 0.101 e. The van der Waals surface area contributed by atoms with E-state index >= 15 is 0 Å². The van der Waals surface area contributed by atoms with Crippen molar-refractivity contribution in [1.29, 1.82) is 0 Å². The molecule has 0 saturated heterocycles. The second kappa shape index (κ2) is 2.42. The molecule has 1 aliphatic rings. The van der Waals surface area contributed by atoms with E-state index in [9.17, 15) is 0 Å². The van der Waals surface area contributed by atoms with Gasteiger partial charge < -0.3 is 5.73 Å². The lowest BCUT2D eigenvalue weighted by molar-refractivity contribution is 0.716. The smallest absolute Gasteiger partial charge is 0.101 e. The molecule has 8 heavy (non-hydrogen) atoms. The Morgan fingerprint density at radius 2 is 2.62 bits per heavy atom. The quantitative estimate of drug-likeness (QED) is 0.586. The van der Waals surface area contributed by atoms with Gasteiger partial charge in [0.25, 0.3) is 0 Å². The summed E-state index contributed by atoms with van der Waals surface area (Å²) in [4.78, 5) is 3.93. The minimum Gasteiger partial charge on any atom is -0.309 e. The molecule has 0 bridgehead atoms. The first-order chi connectivity index (χ1) is 3.79. The Hall–Kier alpha value is -0.150. The average molecular weight is 175 g/mol. The van der Waals surface area contributed by atoms with Crippen LogP contribution >= 0.6 is 15.9 Å². The van der Waals surface area contributed by atoms with Gasteiger partial charge in [-0.05, 0) is 6.08 Å². The maximum absolute atomic E-state index is 5.46. The van der Waals surface area contributed by atoms with Gasteiger partial charge in [0.05, 0.1) is 0 Å². The lowest BCUT2D eigenvalue weighted by Gasteiger charge is -2.07. The summed E-state index contributed by atoms with van der Waals surface area (Å²) in [6, 6.07) is 0. The third-order valence-electron chi connectivity index (χ3n) is 0.937. The van der Waals surface area contributed by atoms with Crippen molar-refractivity contribution in [3.05, 3.63) is 10.6 Å². The molecule has 1 rings (SSSR count). The normalized spacial score (nSPS) is 27.8. The van der Waals surface area contributed by atoms with Crippen molar-refractivity contribution in [3.8, 4) is 0 Å². The summed E-state index contributed by atoms with van der Waals surface area (Å²) < 4.78 is 1.12. The van der Waals surface area contributed by atoms with Crippen LogP contribution in [0.4, 0.5) is 0 Å². The number of hydrogen-bond acceptors (Lipinski definition) is 2. The van der Waals surface area contributed by atoms with Crippen molar-refractivity contribution in [2.75, 3.05) is 0 Å². The second-order valence-electron chi connectivity index (χ2n) is 1.68. The first kappa shape index (κ1) is 5.98. The predicted molar refractivity (Wildman–Crippen MR) is 38.1 cm³/mol. The van der Waals surface area contributed by atoms with Crippen LogP contribution in [0.5, 0.6) is 0 Å². The molecule has 0 aromatic rings. The Labute approximate surface area is 56.6 Å². The van der Waals surface area contributed by atoms with E-state index in [1.54, 1.807) is 6.21 Å². The molecule has 1 atom stereocenters. The summed E-state index contributed by atoms with van der Waals surface area (Å²) in [6.45, 7) is 0. The van der Waals surface area contributed by atoms with Crippen molar-refractivity contribution in [2.45, 2.75) is 12.6 Å². The van der Waals surface area contributed by atoms with Crippen LogP contribution in [-0.2, 0) is 0 Å². The van der Waals surface area contributed by atoms with E-state index in [2.05, 4.69) is 20.9 Å². The molecule has 2 nitrogen and oxygen atoms in total. The van der Waals surface area contributed by atoms with Crippen molar-refractivity contribution in [2.24, 2.45) is 10.7 Å². The molecule has 0 saturated carbocycles. The first-order valence-corrected chi connectivity index (χ1v) is 3.22.